The van der Waals surface area contributed by atoms with E-state index in [1.807, 2.05) is 18.2 Å². The van der Waals surface area contributed by atoms with Gasteiger partial charge in [0.2, 0.25) is 0 Å². The number of hydrogen-bond donors (Lipinski definition) is 1. The van der Waals surface area contributed by atoms with Gasteiger partial charge in [-0.3, -0.25) is 0 Å². The van der Waals surface area contributed by atoms with Gasteiger partial charge in [-0.2, -0.15) is 0 Å². The van der Waals surface area contributed by atoms with Gasteiger partial charge >= 0.3 is 0 Å². The molecule has 17 heavy (non-hydrogen) atoms. The maximum Gasteiger partial charge on any atom is 0.0624 e. The molecule has 1 rings (SSSR count). The van der Waals surface area contributed by atoms with E-state index in [4.69, 9.17) is 27.9 Å². The lowest BCUT2D eigenvalue weighted by Crippen LogP contribution is -2.33. The fourth-order valence-electron chi connectivity index (χ4n) is 1.81. The van der Waals surface area contributed by atoms with E-state index in [2.05, 4.69) is 12.2 Å². The zero-order valence-corrected chi connectivity index (χ0v) is 11.8. The Morgan fingerprint density at radius 2 is 2.12 bits per heavy atom. The zero-order chi connectivity index (χ0) is 12.7. The third-order valence-corrected chi connectivity index (χ3v) is 3.51. The number of benzene rings is 1. The van der Waals surface area contributed by atoms with Gasteiger partial charge < -0.3 is 10.1 Å². The Labute approximate surface area is 113 Å². The molecule has 0 aliphatic carbocycles. The molecule has 1 aromatic carbocycles. The Bertz CT molecular complexity index is 338. The summed E-state index contributed by atoms with van der Waals surface area (Å²) in [6.07, 6.45) is 1.89. The minimum absolute atomic E-state index is 0.361. The summed E-state index contributed by atoms with van der Waals surface area (Å²) in [6, 6.07) is 6.12. The van der Waals surface area contributed by atoms with E-state index < -0.39 is 0 Å². The fourth-order valence-corrected chi connectivity index (χ4v) is 2.22. The first-order chi connectivity index (χ1) is 8.19. The molecule has 0 aliphatic heterocycles. The highest BCUT2D eigenvalue weighted by molar-refractivity contribution is 6.42. The van der Waals surface area contributed by atoms with Crippen LogP contribution in [0.5, 0.6) is 0 Å². The number of ether oxygens (including phenoxy) is 1. The summed E-state index contributed by atoms with van der Waals surface area (Å²) < 4.78 is 5.18. The Balaban J connectivity index is 2.55. The second-order valence-corrected chi connectivity index (χ2v) is 4.75. The molecule has 4 heteroatoms. The summed E-state index contributed by atoms with van der Waals surface area (Å²) in [6.45, 7) is 3.75. The third kappa shape index (κ3) is 4.84. The highest BCUT2D eigenvalue weighted by Gasteiger charge is 2.09. The number of halogens is 2. The van der Waals surface area contributed by atoms with Crippen LogP contribution in [0.15, 0.2) is 18.2 Å². The SMILES string of the molecule is CCNC(CCc1cccc(Cl)c1Cl)COC. The largest absolute Gasteiger partial charge is 0.383 e. The van der Waals surface area contributed by atoms with Crippen molar-refractivity contribution in [3.8, 4) is 0 Å². The molecule has 2 nitrogen and oxygen atoms in total. The lowest BCUT2D eigenvalue weighted by Gasteiger charge is -2.17. The maximum atomic E-state index is 6.15. The quantitative estimate of drug-likeness (QED) is 0.822. The first-order valence-corrected chi connectivity index (χ1v) is 6.59. The summed E-state index contributed by atoms with van der Waals surface area (Å²) in [5.41, 5.74) is 1.10. The van der Waals surface area contributed by atoms with Crippen LogP contribution < -0.4 is 5.32 Å². The highest BCUT2D eigenvalue weighted by Crippen LogP contribution is 2.26. The van der Waals surface area contributed by atoms with Crippen LogP contribution in [0.2, 0.25) is 10.0 Å². The Morgan fingerprint density at radius 1 is 1.35 bits per heavy atom. The predicted molar refractivity (Wildman–Crippen MR) is 74.1 cm³/mol. The van der Waals surface area contributed by atoms with Gasteiger partial charge in [0.25, 0.3) is 0 Å². The van der Waals surface area contributed by atoms with Crippen molar-refractivity contribution >= 4 is 23.2 Å². The molecule has 0 heterocycles. The Morgan fingerprint density at radius 3 is 2.76 bits per heavy atom. The van der Waals surface area contributed by atoms with Crippen molar-refractivity contribution < 1.29 is 4.74 Å². The van der Waals surface area contributed by atoms with Crippen molar-refractivity contribution in [2.75, 3.05) is 20.3 Å². The standard InChI is InChI=1S/C13H19Cl2NO/c1-3-16-11(9-17-2)8-7-10-5-4-6-12(14)13(10)15/h4-6,11,16H,3,7-9H2,1-2H3. The van der Waals surface area contributed by atoms with Gasteiger partial charge in [0.15, 0.2) is 0 Å². The molecule has 0 saturated heterocycles. The van der Waals surface area contributed by atoms with Gasteiger partial charge in [-0.15, -0.1) is 0 Å². The lowest BCUT2D eigenvalue weighted by molar-refractivity contribution is 0.163. The molecule has 1 atom stereocenters. The zero-order valence-electron chi connectivity index (χ0n) is 10.3. The summed E-state index contributed by atoms with van der Waals surface area (Å²) in [4.78, 5) is 0. The molecule has 96 valence electrons. The summed E-state index contributed by atoms with van der Waals surface area (Å²) in [5, 5.41) is 4.68. The molecule has 0 aliphatic rings. The van der Waals surface area contributed by atoms with Crippen LogP contribution in [0.1, 0.15) is 18.9 Å². The molecule has 1 unspecified atom stereocenters. The van der Waals surface area contributed by atoms with Crippen molar-refractivity contribution in [2.24, 2.45) is 0 Å². The van der Waals surface area contributed by atoms with Crippen LogP contribution in [-0.2, 0) is 11.2 Å². The molecule has 1 N–H and O–H groups in total. The van der Waals surface area contributed by atoms with Gasteiger partial charge in [0.05, 0.1) is 16.7 Å². The van der Waals surface area contributed by atoms with Gasteiger partial charge in [-0.1, -0.05) is 42.3 Å². The first kappa shape index (κ1) is 14.8. The van der Waals surface area contributed by atoms with Crippen molar-refractivity contribution in [1.82, 2.24) is 5.32 Å². The van der Waals surface area contributed by atoms with Crippen LogP contribution in [0.4, 0.5) is 0 Å². The van der Waals surface area contributed by atoms with E-state index >= 15 is 0 Å². The minimum Gasteiger partial charge on any atom is -0.383 e. The van der Waals surface area contributed by atoms with Crippen LogP contribution in [0, 0.1) is 0 Å². The van der Waals surface area contributed by atoms with Gasteiger partial charge in [-0.05, 0) is 31.0 Å². The molecule has 0 saturated carbocycles. The number of likely N-dealkylation sites (N-methyl/N-ethyl adjacent to an activating group) is 1. The number of nitrogens with one attached hydrogen (secondary N) is 1. The number of hydrogen-bond acceptors (Lipinski definition) is 2. The molecule has 0 amide bonds. The molecule has 1 aromatic rings. The van der Waals surface area contributed by atoms with Crippen molar-refractivity contribution in [3.05, 3.63) is 33.8 Å². The van der Waals surface area contributed by atoms with E-state index in [9.17, 15) is 0 Å². The topological polar surface area (TPSA) is 21.3 Å². The monoisotopic (exact) mass is 275 g/mol. The van der Waals surface area contributed by atoms with E-state index in [1.54, 1.807) is 7.11 Å². The molecule has 0 aromatic heterocycles. The lowest BCUT2D eigenvalue weighted by atomic mass is 10.1. The third-order valence-electron chi connectivity index (χ3n) is 2.65. The van der Waals surface area contributed by atoms with Gasteiger partial charge in [0.1, 0.15) is 0 Å². The van der Waals surface area contributed by atoms with Crippen LogP contribution in [0.3, 0.4) is 0 Å². The molecule has 0 radical (unpaired) electrons. The maximum absolute atomic E-state index is 6.15. The van der Waals surface area contributed by atoms with E-state index in [1.165, 1.54) is 0 Å². The predicted octanol–water partition coefficient (Wildman–Crippen LogP) is 3.55. The minimum atomic E-state index is 0.361. The van der Waals surface area contributed by atoms with Crippen molar-refractivity contribution in [2.45, 2.75) is 25.8 Å². The van der Waals surface area contributed by atoms with Crippen molar-refractivity contribution in [1.29, 1.82) is 0 Å². The normalized spacial score (nSPS) is 12.7. The molecule has 0 spiro atoms. The van der Waals surface area contributed by atoms with E-state index in [-0.39, 0.29) is 0 Å². The second-order valence-electron chi connectivity index (χ2n) is 3.96. The van der Waals surface area contributed by atoms with Crippen LogP contribution in [-0.4, -0.2) is 26.3 Å². The van der Waals surface area contributed by atoms with E-state index in [0.717, 1.165) is 24.9 Å². The molecule has 0 fully saturated rings. The summed E-state index contributed by atoms with van der Waals surface area (Å²) in [5.74, 6) is 0. The smallest absolute Gasteiger partial charge is 0.0624 e. The van der Waals surface area contributed by atoms with Gasteiger partial charge in [-0.25, -0.2) is 0 Å². The molecular formula is C13H19Cl2NO. The molecular weight excluding hydrogens is 257 g/mol. The number of aryl methyl sites for hydroxylation is 1. The van der Waals surface area contributed by atoms with E-state index in [0.29, 0.717) is 22.7 Å². The number of methoxy groups -OCH3 is 1. The first-order valence-electron chi connectivity index (χ1n) is 5.84. The Hall–Kier alpha value is -0.280. The average Bonchev–Trinajstić information content (AvgIpc) is 2.31. The highest BCUT2D eigenvalue weighted by atomic mass is 35.5. The number of rotatable bonds is 7. The van der Waals surface area contributed by atoms with Crippen LogP contribution in [0.25, 0.3) is 0 Å². The fraction of sp³-hybridized carbons (Fsp3) is 0.538. The molecule has 0 bridgehead atoms. The van der Waals surface area contributed by atoms with Crippen molar-refractivity contribution in [3.63, 3.8) is 0 Å². The summed E-state index contributed by atoms with van der Waals surface area (Å²) >= 11 is 12.1. The van der Waals surface area contributed by atoms with Crippen LogP contribution >= 0.6 is 23.2 Å². The second kappa shape index (κ2) is 7.93. The Kier molecular flexibility index (Phi) is 6.90. The summed E-state index contributed by atoms with van der Waals surface area (Å²) in [7, 11) is 1.72. The van der Waals surface area contributed by atoms with Gasteiger partial charge in [0, 0.05) is 13.2 Å². The average molecular weight is 276 g/mol.